The molecule has 0 aliphatic carbocycles. The van der Waals surface area contributed by atoms with Crippen LogP contribution in [-0.4, -0.2) is 62.7 Å². The predicted molar refractivity (Wildman–Crippen MR) is 138 cm³/mol. The summed E-state index contributed by atoms with van der Waals surface area (Å²) in [4.78, 5) is 18.8. The van der Waals surface area contributed by atoms with E-state index < -0.39 is 0 Å². The molecule has 3 rings (SSSR count). The molecule has 0 saturated carbocycles. The Hall–Kier alpha value is -2.11. The molecule has 1 saturated heterocycles. The third-order valence-corrected chi connectivity index (χ3v) is 4.98. The minimum atomic E-state index is -0.266. The van der Waals surface area contributed by atoms with Gasteiger partial charge in [-0.15, -0.1) is 24.0 Å². The van der Waals surface area contributed by atoms with Gasteiger partial charge < -0.3 is 25.1 Å². The molecular formula is C23H34IN5O3. The van der Waals surface area contributed by atoms with Crippen LogP contribution in [0.3, 0.4) is 0 Å². The van der Waals surface area contributed by atoms with Crippen LogP contribution < -0.4 is 16.0 Å². The lowest BCUT2D eigenvalue weighted by Crippen LogP contribution is -2.50. The summed E-state index contributed by atoms with van der Waals surface area (Å²) in [6.07, 6.45) is 1.63. The van der Waals surface area contributed by atoms with Gasteiger partial charge >= 0.3 is 0 Å². The van der Waals surface area contributed by atoms with Gasteiger partial charge in [-0.1, -0.05) is 26.0 Å². The van der Waals surface area contributed by atoms with Gasteiger partial charge in [0, 0.05) is 45.5 Å². The molecule has 0 radical (unpaired) electrons. The van der Waals surface area contributed by atoms with Crippen molar-refractivity contribution in [2.24, 2.45) is 10.9 Å². The van der Waals surface area contributed by atoms with E-state index in [0.717, 1.165) is 37.8 Å². The first kappa shape index (κ1) is 26.1. The largest absolute Gasteiger partial charge is 0.459 e. The molecular weight excluding hydrogens is 521 g/mol. The number of anilines is 1. The molecule has 176 valence electrons. The van der Waals surface area contributed by atoms with Crippen LogP contribution >= 0.6 is 24.0 Å². The minimum Gasteiger partial charge on any atom is -0.459 e. The second kappa shape index (κ2) is 13.4. The number of rotatable bonds is 8. The molecule has 1 atom stereocenters. The van der Waals surface area contributed by atoms with Crippen molar-refractivity contribution >= 4 is 41.5 Å². The molecule has 0 spiro atoms. The quantitative estimate of drug-likeness (QED) is 0.264. The Bertz CT molecular complexity index is 840. The summed E-state index contributed by atoms with van der Waals surface area (Å²) in [5, 5.41) is 9.49. The molecule has 2 aromatic rings. The molecule has 1 unspecified atom stereocenters. The molecule has 3 N–H and O–H groups in total. The topological polar surface area (TPSA) is 91.1 Å². The fraction of sp³-hybridized carbons (Fsp3) is 0.478. The van der Waals surface area contributed by atoms with Crippen LogP contribution in [0.4, 0.5) is 5.69 Å². The second-order valence-corrected chi connectivity index (χ2v) is 8.08. The molecule has 0 bridgehead atoms. The summed E-state index contributed by atoms with van der Waals surface area (Å²) in [5.74, 6) is 1.41. The summed E-state index contributed by atoms with van der Waals surface area (Å²) in [6.45, 7) is 9.64. The van der Waals surface area contributed by atoms with Gasteiger partial charge in [-0.25, -0.2) is 0 Å². The van der Waals surface area contributed by atoms with E-state index in [4.69, 9.17) is 9.15 Å². The van der Waals surface area contributed by atoms with E-state index in [-0.39, 0.29) is 41.7 Å². The molecule has 1 fully saturated rings. The average Bonchev–Trinajstić information content (AvgIpc) is 3.30. The van der Waals surface area contributed by atoms with Gasteiger partial charge in [0.2, 0.25) is 0 Å². The molecule has 9 heteroatoms. The lowest BCUT2D eigenvalue weighted by Gasteiger charge is -2.34. The highest BCUT2D eigenvalue weighted by atomic mass is 127. The van der Waals surface area contributed by atoms with Crippen molar-refractivity contribution in [1.29, 1.82) is 0 Å². The van der Waals surface area contributed by atoms with Crippen molar-refractivity contribution in [3.8, 4) is 0 Å². The molecule has 32 heavy (non-hydrogen) atoms. The van der Waals surface area contributed by atoms with Gasteiger partial charge in [-0.3, -0.25) is 14.7 Å². The van der Waals surface area contributed by atoms with Crippen LogP contribution in [0, 0.1) is 5.92 Å². The van der Waals surface area contributed by atoms with Gasteiger partial charge in [-0.05, 0) is 35.7 Å². The third-order valence-electron chi connectivity index (χ3n) is 4.98. The summed E-state index contributed by atoms with van der Waals surface area (Å²) in [6, 6.07) is 11.0. The third kappa shape index (κ3) is 8.44. The van der Waals surface area contributed by atoms with E-state index in [9.17, 15) is 4.79 Å². The summed E-state index contributed by atoms with van der Waals surface area (Å²) in [5.41, 5.74) is 1.80. The Morgan fingerprint density at radius 2 is 2.00 bits per heavy atom. The highest BCUT2D eigenvalue weighted by Gasteiger charge is 2.21. The maximum atomic E-state index is 12.0. The zero-order valence-corrected chi connectivity index (χ0v) is 21.3. The number of furan rings is 1. The van der Waals surface area contributed by atoms with E-state index >= 15 is 0 Å². The van der Waals surface area contributed by atoms with E-state index in [0.29, 0.717) is 24.7 Å². The Balaban J connectivity index is 0.00000363. The number of nitrogens with zero attached hydrogens (tertiary/aromatic N) is 2. The number of carbonyl (C=O) groups excluding carboxylic acids is 1. The fourth-order valence-electron chi connectivity index (χ4n) is 3.51. The fourth-order valence-corrected chi connectivity index (χ4v) is 3.51. The van der Waals surface area contributed by atoms with Gasteiger partial charge in [0.25, 0.3) is 5.91 Å². The van der Waals surface area contributed by atoms with Crippen LogP contribution in [0.1, 0.15) is 30.0 Å². The first-order chi connectivity index (χ1) is 15.0. The van der Waals surface area contributed by atoms with Crippen molar-refractivity contribution in [1.82, 2.24) is 15.5 Å². The van der Waals surface area contributed by atoms with Crippen molar-refractivity contribution in [3.05, 3.63) is 54.0 Å². The molecule has 2 heterocycles. The SMILES string of the molecule is CN=C(NCc1ccc(NC(=O)c2ccco2)cc1)NCC1CN(CC(C)C)CCO1.I. The van der Waals surface area contributed by atoms with Crippen LogP contribution in [0.5, 0.6) is 0 Å². The number of carbonyl (C=O) groups is 1. The number of morpholine rings is 1. The van der Waals surface area contributed by atoms with E-state index in [2.05, 4.69) is 39.7 Å². The number of nitrogens with one attached hydrogen (secondary N) is 3. The van der Waals surface area contributed by atoms with Gasteiger partial charge in [0.05, 0.1) is 19.0 Å². The van der Waals surface area contributed by atoms with Crippen molar-refractivity contribution in [2.45, 2.75) is 26.5 Å². The minimum absolute atomic E-state index is 0. The number of aliphatic imine (C=N–C) groups is 1. The normalized spacial score (nSPS) is 17.0. The van der Waals surface area contributed by atoms with E-state index in [1.54, 1.807) is 19.2 Å². The first-order valence-electron chi connectivity index (χ1n) is 10.8. The Kier molecular flexibility index (Phi) is 11.0. The maximum absolute atomic E-state index is 12.0. The number of hydrogen-bond donors (Lipinski definition) is 3. The summed E-state index contributed by atoms with van der Waals surface area (Å²) < 4.78 is 11.0. The standard InChI is InChI=1S/C23H33N5O3.HI/c1-17(2)15-28-10-12-30-20(16-28)14-26-23(24-3)25-13-18-6-8-19(9-7-18)27-22(29)21-5-4-11-31-21;/h4-9,11,17,20H,10,12-16H2,1-3H3,(H,27,29)(H2,24,25,26);1H. The molecule has 1 aromatic heterocycles. The van der Waals surface area contributed by atoms with Crippen LogP contribution in [0.2, 0.25) is 0 Å². The van der Waals surface area contributed by atoms with Crippen molar-refractivity contribution in [3.63, 3.8) is 0 Å². The predicted octanol–water partition coefficient (Wildman–Crippen LogP) is 3.17. The highest BCUT2D eigenvalue weighted by Crippen LogP contribution is 2.12. The van der Waals surface area contributed by atoms with Crippen LogP contribution in [0.25, 0.3) is 0 Å². The summed E-state index contributed by atoms with van der Waals surface area (Å²) in [7, 11) is 1.76. The van der Waals surface area contributed by atoms with Crippen LogP contribution in [-0.2, 0) is 11.3 Å². The highest BCUT2D eigenvalue weighted by molar-refractivity contribution is 14.0. The molecule has 1 aromatic carbocycles. The molecule has 1 amide bonds. The zero-order chi connectivity index (χ0) is 22.1. The smallest absolute Gasteiger partial charge is 0.291 e. The number of benzene rings is 1. The van der Waals surface area contributed by atoms with Crippen LogP contribution in [0.15, 0.2) is 52.1 Å². The monoisotopic (exact) mass is 555 g/mol. The average molecular weight is 555 g/mol. The number of guanidine groups is 1. The van der Waals surface area contributed by atoms with E-state index in [1.807, 2.05) is 24.3 Å². The van der Waals surface area contributed by atoms with Crippen molar-refractivity contribution < 1.29 is 13.9 Å². The lowest BCUT2D eigenvalue weighted by molar-refractivity contribution is -0.0284. The summed E-state index contributed by atoms with van der Waals surface area (Å²) >= 11 is 0. The number of amides is 1. The maximum Gasteiger partial charge on any atom is 0.291 e. The zero-order valence-electron chi connectivity index (χ0n) is 19.0. The molecule has 1 aliphatic heterocycles. The lowest BCUT2D eigenvalue weighted by atomic mass is 10.2. The Labute approximate surface area is 207 Å². The van der Waals surface area contributed by atoms with E-state index in [1.165, 1.54) is 6.26 Å². The van der Waals surface area contributed by atoms with Crippen molar-refractivity contribution in [2.75, 3.05) is 45.2 Å². The Morgan fingerprint density at radius 1 is 1.22 bits per heavy atom. The Morgan fingerprint density at radius 3 is 2.66 bits per heavy atom. The second-order valence-electron chi connectivity index (χ2n) is 8.08. The van der Waals surface area contributed by atoms with Gasteiger partial charge in [-0.2, -0.15) is 0 Å². The number of halogens is 1. The van der Waals surface area contributed by atoms with Gasteiger partial charge in [0.15, 0.2) is 11.7 Å². The molecule has 1 aliphatic rings. The van der Waals surface area contributed by atoms with Gasteiger partial charge in [0.1, 0.15) is 0 Å². The number of hydrogen-bond acceptors (Lipinski definition) is 5. The number of ether oxygens (including phenoxy) is 1. The first-order valence-corrected chi connectivity index (χ1v) is 10.8. The molecule has 8 nitrogen and oxygen atoms in total.